The third-order valence-electron chi connectivity index (χ3n) is 6.49. The second kappa shape index (κ2) is 8.99. The first-order chi connectivity index (χ1) is 15.9. The van der Waals surface area contributed by atoms with Crippen LogP contribution in [0.3, 0.4) is 0 Å². The summed E-state index contributed by atoms with van der Waals surface area (Å²) in [6, 6.07) is 13.6. The van der Waals surface area contributed by atoms with E-state index in [9.17, 15) is 8.42 Å². The van der Waals surface area contributed by atoms with Gasteiger partial charge >= 0.3 is 0 Å². The molecule has 4 rings (SSSR count). The van der Waals surface area contributed by atoms with Gasteiger partial charge in [-0.3, -0.25) is 9.40 Å². The standard InChI is InChI=1S/C24H33N7O2S/c1-16-11-19(16)15-30(3)20-12-18(13-21(26-20)31(4)34(5,32)33)22-27-23(29-28-22)24(2,25)14-17-9-7-6-8-10-17/h6-10,12-13,16,19H,11,14-15,25H2,1-5H3,(H,27,28,29)/t16?,19?,24-/m1/s1. The first-order valence-corrected chi connectivity index (χ1v) is 13.2. The molecule has 0 radical (unpaired) electrons. The molecule has 10 heteroatoms. The van der Waals surface area contributed by atoms with E-state index in [0.29, 0.717) is 47.1 Å². The summed E-state index contributed by atoms with van der Waals surface area (Å²) < 4.78 is 25.6. The van der Waals surface area contributed by atoms with E-state index in [2.05, 4.69) is 27.0 Å². The number of hydrogen-bond donors (Lipinski definition) is 2. The highest BCUT2D eigenvalue weighted by Crippen LogP contribution is 2.39. The van der Waals surface area contributed by atoms with E-state index < -0.39 is 15.6 Å². The smallest absolute Gasteiger partial charge is 0.233 e. The van der Waals surface area contributed by atoms with Crippen LogP contribution in [-0.2, 0) is 22.0 Å². The molecule has 1 aliphatic carbocycles. The fourth-order valence-electron chi connectivity index (χ4n) is 4.01. The molecule has 3 aromatic rings. The van der Waals surface area contributed by atoms with Crippen LogP contribution in [0.4, 0.5) is 11.6 Å². The molecule has 9 nitrogen and oxygen atoms in total. The van der Waals surface area contributed by atoms with Gasteiger partial charge in [-0.1, -0.05) is 37.3 Å². The minimum atomic E-state index is -3.49. The van der Waals surface area contributed by atoms with E-state index >= 15 is 0 Å². The number of pyridine rings is 1. The van der Waals surface area contributed by atoms with Crippen molar-refractivity contribution in [1.29, 1.82) is 0 Å². The molecule has 2 unspecified atom stereocenters. The van der Waals surface area contributed by atoms with Crippen molar-refractivity contribution in [2.75, 3.05) is 36.1 Å². The molecule has 1 aliphatic rings. The van der Waals surface area contributed by atoms with Gasteiger partial charge in [0, 0.05) is 26.2 Å². The van der Waals surface area contributed by atoms with Gasteiger partial charge in [-0.25, -0.2) is 18.4 Å². The lowest BCUT2D eigenvalue weighted by molar-refractivity contribution is 0.460. The van der Waals surface area contributed by atoms with Gasteiger partial charge in [-0.2, -0.15) is 5.10 Å². The molecule has 1 aromatic carbocycles. The summed E-state index contributed by atoms with van der Waals surface area (Å²) in [4.78, 5) is 11.4. The van der Waals surface area contributed by atoms with E-state index in [1.807, 2.05) is 50.4 Å². The van der Waals surface area contributed by atoms with Gasteiger partial charge < -0.3 is 10.6 Å². The van der Waals surface area contributed by atoms with E-state index in [0.717, 1.165) is 18.4 Å². The summed E-state index contributed by atoms with van der Waals surface area (Å²) in [7, 11) is -0.0175. The van der Waals surface area contributed by atoms with Gasteiger partial charge in [0.05, 0.1) is 11.8 Å². The van der Waals surface area contributed by atoms with Crippen LogP contribution >= 0.6 is 0 Å². The summed E-state index contributed by atoms with van der Waals surface area (Å²) in [5, 5.41) is 7.40. The summed E-state index contributed by atoms with van der Waals surface area (Å²) in [6.45, 7) is 5.01. The molecule has 3 N–H and O–H groups in total. The van der Waals surface area contributed by atoms with Crippen LogP contribution in [-0.4, -0.2) is 55.5 Å². The quantitative estimate of drug-likeness (QED) is 0.480. The van der Waals surface area contributed by atoms with Crippen LogP contribution in [0.25, 0.3) is 11.4 Å². The molecule has 1 fully saturated rings. The van der Waals surface area contributed by atoms with Gasteiger partial charge in [0.2, 0.25) is 10.0 Å². The lowest BCUT2D eigenvalue weighted by Gasteiger charge is -2.22. The minimum Gasteiger partial charge on any atom is -0.359 e. The maximum atomic E-state index is 12.2. The lowest BCUT2D eigenvalue weighted by atomic mass is 9.93. The van der Waals surface area contributed by atoms with Crippen molar-refractivity contribution in [3.8, 4) is 11.4 Å². The minimum absolute atomic E-state index is 0.317. The predicted molar refractivity (Wildman–Crippen MR) is 135 cm³/mol. The summed E-state index contributed by atoms with van der Waals surface area (Å²) in [6.07, 6.45) is 2.94. The zero-order chi connectivity index (χ0) is 24.7. The maximum absolute atomic E-state index is 12.2. The van der Waals surface area contributed by atoms with Crippen molar-refractivity contribution in [3.63, 3.8) is 0 Å². The number of hydrogen-bond acceptors (Lipinski definition) is 7. The van der Waals surface area contributed by atoms with Gasteiger partial charge in [-0.15, -0.1) is 0 Å². The molecule has 0 aliphatic heterocycles. The zero-order valence-electron chi connectivity index (χ0n) is 20.4. The number of nitrogens with zero attached hydrogens (tertiary/aromatic N) is 5. The molecule has 0 bridgehead atoms. The van der Waals surface area contributed by atoms with Gasteiger partial charge in [0.1, 0.15) is 17.5 Å². The fourth-order valence-corrected chi connectivity index (χ4v) is 4.44. The lowest BCUT2D eigenvalue weighted by Crippen LogP contribution is -2.36. The summed E-state index contributed by atoms with van der Waals surface area (Å²) in [5.41, 5.74) is 7.62. The average molecular weight is 484 g/mol. The Morgan fingerprint density at radius 2 is 1.79 bits per heavy atom. The zero-order valence-corrected chi connectivity index (χ0v) is 21.2. The van der Waals surface area contributed by atoms with E-state index in [1.54, 1.807) is 6.07 Å². The van der Waals surface area contributed by atoms with Crippen molar-refractivity contribution < 1.29 is 8.42 Å². The maximum Gasteiger partial charge on any atom is 0.233 e. The topological polar surface area (TPSA) is 121 Å². The number of aromatic amines is 1. The van der Waals surface area contributed by atoms with Crippen LogP contribution in [0.1, 0.15) is 31.7 Å². The van der Waals surface area contributed by atoms with E-state index in [4.69, 9.17) is 10.7 Å². The molecule has 2 heterocycles. The number of benzene rings is 1. The molecule has 3 atom stereocenters. The Labute approximate surface area is 201 Å². The van der Waals surface area contributed by atoms with Crippen molar-refractivity contribution in [1.82, 2.24) is 20.2 Å². The molecule has 0 amide bonds. The largest absolute Gasteiger partial charge is 0.359 e. The first-order valence-electron chi connectivity index (χ1n) is 11.4. The SMILES string of the molecule is CC1CC1CN(C)c1cc(-c2n[nH]c([C@](C)(N)Cc3ccccc3)n2)cc(N(C)S(C)(=O)=O)n1. The van der Waals surface area contributed by atoms with E-state index in [1.165, 1.54) is 17.8 Å². The molecule has 1 saturated carbocycles. The number of nitrogens with one attached hydrogen (secondary N) is 1. The Bertz CT molecular complexity index is 1260. The number of H-pyrrole nitrogens is 1. The Morgan fingerprint density at radius 1 is 1.15 bits per heavy atom. The molecule has 2 aromatic heterocycles. The second-order valence-corrected chi connectivity index (χ2v) is 11.8. The number of nitrogens with two attached hydrogens (primary N) is 1. The van der Waals surface area contributed by atoms with Gasteiger partial charge in [0.25, 0.3) is 0 Å². The van der Waals surface area contributed by atoms with Crippen molar-refractivity contribution >= 4 is 21.7 Å². The number of sulfonamides is 1. The van der Waals surface area contributed by atoms with E-state index in [-0.39, 0.29) is 0 Å². The third-order valence-corrected chi connectivity index (χ3v) is 7.67. The number of rotatable bonds is 9. The molecule has 182 valence electrons. The monoisotopic (exact) mass is 483 g/mol. The highest BCUT2D eigenvalue weighted by molar-refractivity contribution is 7.92. The van der Waals surface area contributed by atoms with Crippen LogP contribution in [0.5, 0.6) is 0 Å². The van der Waals surface area contributed by atoms with Crippen molar-refractivity contribution in [3.05, 3.63) is 53.9 Å². The van der Waals surface area contributed by atoms with Crippen LogP contribution in [0.15, 0.2) is 42.5 Å². The van der Waals surface area contributed by atoms with Crippen molar-refractivity contribution in [2.24, 2.45) is 17.6 Å². The summed E-state index contributed by atoms with van der Waals surface area (Å²) >= 11 is 0. The number of aromatic nitrogens is 4. The second-order valence-electron chi connectivity index (χ2n) is 9.74. The Morgan fingerprint density at radius 3 is 2.41 bits per heavy atom. The summed E-state index contributed by atoms with van der Waals surface area (Å²) in [5.74, 6) is 3.32. The van der Waals surface area contributed by atoms with Crippen LogP contribution in [0.2, 0.25) is 0 Å². The normalized spacial score (nSPS) is 19.5. The average Bonchev–Trinajstić information content (AvgIpc) is 3.25. The highest BCUT2D eigenvalue weighted by Gasteiger charge is 2.34. The number of anilines is 2. The molecular formula is C24H33N7O2S. The Hall–Kier alpha value is -2.98. The molecule has 0 saturated heterocycles. The van der Waals surface area contributed by atoms with Gasteiger partial charge in [0.15, 0.2) is 5.82 Å². The first kappa shape index (κ1) is 24.2. The molecule has 34 heavy (non-hydrogen) atoms. The predicted octanol–water partition coefficient (Wildman–Crippen LogP) is 2.77. The van der Waals surface area contributed by atoms with Crippen LogP contribution < -0.4 is 14.9 Å². The van der Waals surface area contributed by atoms with Crippen molar-refractivity contribution in [2.45, 2.75) is 32.2 Å². The van der Waals surface area contributed by atoms with Crippen LogP contribution in [0, 0.1) is 11.8 Å². The Kier molecular flexibility index (Phi) is 6.39. The molecule has 0 spiro atoms. The Balaban J connectivity index is 1.67. The molecular weight excluding hydrogens is 450 g/mol. The highest BCUT2D eigenvalue weighted by atomic mass is 32.2. The third kappa shape index (κ3) is 5.39. The fraction of sp³-hybridized carbons (Fsp3) is 0.458. The van der Waals surface area contributed by atoms with Gasteiger partial charge in [-0.05, 0) is 49.3 Å².